The third-order valence-electron chi connectivity index (χ3n) is 0.822. The van der Waals surface area contributed by atoms with Gasteiger partial charge in [-0.15, -0.1) is 0 Å². The van der Waals surface area contributed by atoms with Crippen LogP contribution < -0.4 is 5.73 Å². The minimum absolute atomic E-state index is 0.488. The van der Waals surface area contributed by atoms with Crippen LogP contribution in [0.15, 0.2) is 11.6 Å². The van der Waals surface area contributed by atoms with Gasteiger partial charge in [-0.2, -0.15) is 0 Å². The standard InChI is InChI=1S/C5H9NS/c1-3-4(2)5(6)7/h3H,1-2H3,(H2,6,7)/b4-3+. The van der Waals surface area contributed by atoms with Crippen molar-refractivity contribution in [2.75, 3.05) is 0 Å². The molecule has 1 nitrogen and oxygen atoms in total. The maximum atomic E-state index is 5.21. The van der Waals surface area contributed by atoms with Crippen LogP contribution in [0, 0.1) is 0 Å². The smallest absolute Gasteiger partial charge is 0.0988 e. The summed E-state index contributed by atoms with van der Waals surface area (Å²) in [5, 5.41) is 0. The molecule has 0 saturated carbocycles. The van der Waals surface area contributed by atoms with E-state index in [-0.39, 0.29) is 0 Å². The average Bonchev–Trinajstić information content (AvgIpc) is 1.65. The molecule has 0 amide bonds. The highest BCUT2D eigenvalue weighted by Crippen LogP contribution is 1.88. The van der Waals surface area contributed by atoms with Gasteiger partial charge in [-0.3, -0.25) is 0 Å². The number of thiocarbonyl (C=S) groups is 1. The molecule has 0 aromatic carbocycles. The second kappa shape index (κ2) is 2.75. The lowest BCUT2D eigenvalue weighted by Crippen LogP contribution is -2.07. The molecule has 0 spiro atoms. The lowest BCUT2D eigenvalue weighted by atomic mass is 10.3. The van der Waals surface area contributed by atoms with Gasteiger partial charge in [0.05, 0.1) is 4.99 Å². The molecule has 0 aliphatic carbocycles. The maximum Gasteiger partial charge on any atom is 0.0988 e. The molecule has 0 rings (SSSR count). The van der Waals surface area contributed by atoms with Crippen LogP contribution >= 0.6 is 12.2 Å². The van der Waals surface area contributed by atoms with Gasteiger partial charge in [0.25, 0.3) is 0 Å². The maximum absolute atomic E-state index is 5.21. The van der Waals surface area contributed by atoms with Crippen LogP contribution in [-0.2, 0) is 0 Å². The second-order valence-corrected chi connectivity index (χ2v) is 1.78. The van der Waals surface area contributed by atoms with E-state index in [1.54, 1.807) is 0 Å². The molecule has 0 saturated heterocycles. The summed E-state index contributed by atoms with van der Waals surface area (Å²) in [5.41, 5.74) is 6.19. The van der Waals surface area contributed by atoms with Crippen molar-refractivity contribution in [1.29, 1.82) is 0 Å². The first-order chi connectivity index (χ1) is 3.18. The van der Waals surface area contributed by atoms with Gasteiger partial charge in [0.2, 0.25) is 0 Å². The van der Waals surface area contributed by atoms with E-state index >= 15 is 0 Å². The fourth-order valence-corrected chi connectivity index (χ4v) is 0.260. The largest absolute Gasteiger partial charge is 0.390 e. The number of nitrogens with two attached hydrogens (primary N) is 1. The minimum Gasteiger partial charge on any atom is -0.390 e. The molecule has 0 unspecified atom stereocenters. The van der Waals surface area contributed by atoms with Crippen molar-refractivity contribution in [3.63, 3.8) is 0 Å². The lowest BCUT2D eigenvalue weighted by molar-refractivity contribution is 1.51. The number of rotatable bonds is 1. The summed E-state index contributed by atoms with van der Waals surface area (Å²) in [4.78, 5) is 0.488. The Morgan fingerprint density at radius 2 is 2.14 bits per heavy atom. The van der Waals surface area contributed by atoms with Crippen LogP contribution in [0.5, 0.6) is 0 Å². The molecular formula is C5H9NS. The highest BCUT2D eigenvalue weighted by molar-refractivity contribution is 7.80. The average molecular weight is 115 g/mol. The first-order valence-electron chi connectivity index (χ1n) is 2.11. The zero-order chi connectivity index (χ0) is 5.86. The molecule has 2 heteroatoms. The molecule has 2 N–H and O–H groups in total. The normalized spacial score (nSPS) is 11.4. The van der Waals surface area contributed by atoms with E-state index in [1.165, 1.54) is 0 Å². The van der Waals surface area contributed by atoms with Crippen molar-refractivity contribution >= 4 is 17.2 Å². The van der Waals surface area contributed by atoms with Gasteiger partial charge in [-0.1, -0.05) is 18.3 Å². The summed E-state index contributed by atoms with van der Waals surface area (Å²) in [6, 6.07) is 0. The summed E-state index contributed by atoms with van der Waals surface area (Å²) < 4.78 is 0. The van der Waals surface area contributed by atoms with Crippen molar-refractivity contribution in [2.24, 2.45) is 5.73 Å². The summed E-state index contributed by atoms with van der Waals surface area (Å²) in [6.07, 6.45) is 1.89. The molecule has 0 atom stereocenters. The lowest BCUT2D eigenvalue weighted by Gasteiger charge is -1.90. The van der Waals surface area contributed by atoms with Gasteiger partial charge in [0.1, 0.15) is 0 Å². The quantitative estimate of drug-likeness (QED) is 0.411. The molecular weight excluding hydrogens is 106 g/mol. The molecule has 7 heavy (non-hydrogen) atoms. The van der Waals surface area contributed by atoms with Gasteiger partial charge in [0, 0.05) is 0 Å². The van der Waals surface area contributed by atoms with Gasteiger partial charge in [0.15, 0.2) is 0 Å². The molecule has 40 valence electrons. The first-order valence-corrected chi connectivity index (χ1v) is 2.52. The van der Waals surface area contributed by atoms with E-state index in [2.05, 4.69) is 12.2 Å². The van der Waals surface area contributed by atoms with Gasteiger partial charge >= 0.3 is 0 Å². The SMILES string of the molecule is C/C=C(\C)C(N)=S. The molecule has 0 aromatic heterocycles. The molecule has 0 bridgehead atoms. The topological polar surface area (TPSA) is 26.0 Å². The van der Waals surface area contributed by atoms with E-state index in [4.69, 9.17) is 5.73 Å². The summed E-state index contributed by atoms with van der Waals surface area (Å²) in [7, 11) is 0. The van der Waals surface area contributed by atoms with Crippen LogP contribution in [0.2, 0.25) is 0 Å². The Bertz CT molecular complexity index is 105. The predicted octanol–water partition coefficient (Wildman–Crippen LogP) is 1.24. The Balaban J connectivity index is 3.82. The molecule has 0 heterocycles. The van der Waals surface area contributed by atoms with E-state index in [1.807, 2.05) is 19.9 Å². The Hall–Kier alpha value is -0.370. The fraction of sp³-hybridized carbons (Fsp3) is 0.400. The van der Waals surface area contributed by atoms with Crippen molar-refractivity contribution < 1.29 is 0 Å². The first kappa shape index (κ1) is 6.63. The van der Waals surface area contributed by atoms with Crippen molar-refractivity contribution in [3.05, 3.63) is 11.6 Å². The molecule has 0 aromatic rings. The Kier molecular flexibility index (Phi) is 2.60. The number of hydrogen-bond donors (Lipinski definition) is 1. The zero-order valence-electron chi connectivity index (χ0n) is 4.56. The zero-order valence-corrected chi connectivity index (χ0v) is 5.38. The van der Waals surface area contributed by atoms with Gasteiger partial charge in [-0.25, -0.2) is 0 Å². The Morgan fingerprint density at radius 3 is 2.14 bits per heavy atom. The van der Waals surface area contributed by atoms with Crippen LogP contribution in [-0.4, -0.2) is 4.99 Å². The summed E-state index contributed by atoms with van der Waals surface area (Å²) >= 11 is 4.63. The monoisotopic (exact) mass is 115 g/mol. The van der Waals surface area contributed by atoms with E-state index in [0.29, 0.717) is 4.99 Å². The number of allylic oxidation sites excluding steroid dienone is 1. The second-order valence-electron chi connectivity index (χ2n) is 1.34. The molecule has 0 radical (unpaired) electrons. The summed E-state index contributed by atoms with van der Waals surface area (Å²) in [6.45, 7) is 3.80. The molecule has 0 fully saturated rings. The van der Waals surface area contributed by atoms with Crippen molar-refractivity contribution in [3.8, 4) is 0 Å². The molecule has 0 aliphatic heterocycles. The van der Waals surface area contributed by atoms with Gasteiger partial charge in [-0.05, 0) is 19.4 Å². The van der Waals surface area contributed by atoms with Crippen LogP contribution in [0.1, 0.15) is 13.8 Å². The van der Waals surface area contributed by atoms with E-state index < -0.39 is 0 Å². The van der Waals surface area contributed by atoms with Crippen LogP contribution in [0.4, 0.5) is 0 Å². The highest BCUT2D eigenvalue weighted by atomic mass is 32.1. The Labute approximate surface area is 49.2 Å². The predicted molar refractivity (Wildman–Crippen MR) is 36.2 cm³/mol. The van der Waals surface area contributed by atoms with Crippen molar-refractivity contribution in [2.45, 2.75) is 13.8 Å². The third-order valence-corrected chi connectivity index (χ3v) is 1.14. The minimum atomic E-state index is 0.488. The van der Waals surface area contributed by atoms with Gasteiger partial charge < -0.3 is 5.73 Å². The molecule has 0 aliphatic rings. The fourth-order valence-electron chi connectivity index (χ4n) is 0.142. The third kappa shape index (κ3) is 2.34. The van der Waals surface area contributed by atoms with E-state index in [0.717, 1.165) is 5.57 Å². The summed E-state index contributed by atoms with van der Waals surface area (Å²) in [5.74, 6) is 0. The highest BCUT2D eigenvalue weighted by Gasteiger charge is 1.84. The Morgan fingerprint density at radius 1 is 1.71 bits per heavy atom. The van der Waals surface area contributed by atoms with E-state index in [9.17, 15) is 0 Å². The van der Waals surface area contributed by atoms with Crippen molar-refractivity contribution in [1.82, 2.24) is 0 Å². The van der Waals surface area contributed by atoms with Crippen LogP contribution in [0.3, 0.4) is 0 Å². The number of hydrogen-bond acceptors (Lipinski definition) is 1. The van der Waals surface area contributed by atoms with Crippen LogP contribution in [0.25, 0.3) is 0 Å².